The van der Waals surface area contributed by atoms with Crippen molar-refractivity contribution in [1.82, 2.24) is 4.90 Å². The molecule has 4 rings (SSSR count). The third-order valence-corrected chi connectivity index (χ3v) is 6.48. The van der Waals surface area contributed by atoms with E-state index in [9.17, 15) is 22.8 Å². The summed E-state index contributed by atoms with van der Waals surface area (Å²) in [5.41, 5.74) is 2.45. The van der Waals surface area contributed by atoms with E-state index in [0.29, 0.717) is 22.5 Å². The minimum atomic E-state index is -3.75. The summed E-state index contributed by atoms with van der Waals surface area (Å²) in [7, 11) is -2.35. The number of amides is 3. The van der Waals surface area contributed by atoms with Crippen molar-refractivity contribution in [2.24, 2.45) is 0 Å². The van der Waals surface area contributed by atoms with Crippen molar-refractivity contribution in [3.63, 3.8) is 0 Å². The Morgan fingerprint density at radius 3 is 2.06 bits per heavy atom. The van der Waals surface area contributed by atoms with Gasteiger partial charge in [-0.15, -0.1) is 0 Å². The Morgan fingerprint density at radius 2 is 1.41 bits per heavy atom. The Bertz CT molecular complexity index is 1350. The number of benzene rings is 3. The van der Waals surface area contributed by atoms with Gasteiger partial charge < -0.3 is 5.32 Å². The van der Waals surface area contributed by atoms with E-state index in [2.05, 4.69) is 10.0 Å². The fraction of sp³-hybridized carbons (Fsp3) is 0.0870. The topological polar surface area (TPSA) is 113 Å². The lowest BCUT2D eigenvalue weighted by Gasteiger charge is -2.10. The molecule has 0 bridgehead atoms. The maximum atomic E-state index is 12.6. The van der Waals surface area contributed by atoms with E-state index in [4.69, 9.17) is 0 Å². The Labute approximate surface area is 184 Å². The molecule has 0 saturated carbocycles. The molecule has 8 nitrogen and oxygen atoms in total. The van der Waals surface area contributed by atoms with Gasteiger partial charge in [-0.05, 0) is 61.5 Å². The van der Waals surface area contributed by atoms with Crippen LogP contribution in [0.4, 0.5) is 11.4 Å². The predicted octanol–water partition coefficient (Wildman–Crippen LogP) is 3.27. The van der Waals surface area contributed by atoms with Gasteiger partial charge in [-0.3, -0.25) is 24.0 Å². The number of fused-ring (bicyclic) bond motifs is 1. The first-order valence-electron chi connectivity index (χ1n) is 9.63. The minimum absolute atomic E-state index is 0.139. The average Bonchev–Trinajstić information content (AvgIpc) is 2.98. The minimum Gasteiger partial charge on any atom is -0.322 e. The van der Waals surface area contributed by atoms with Gasteiger partial charge in [0.1, 0.15) is 0 Å². The number of imide groups is 1. The van der Waals surface area contributed by atoms with Gasteiger partial charge in [-0.1, -0.05) is 17.7 Å². The van der Waals surface area contributed by atoms with Gasteiger partial charge in [-0.25, -0.2) is 8.42 Å². The molecule has 0 radical (unpaired) electrons. The summed E-state index contributed by atoms with van der Waals surface area (Å²) in [5, 5.41) is 2.68. The van der Waals surface area contributed by atoms with Crippen molar-refractivity contribution in [1.29, 1.82) is 0 Å². The Kier molecular flexibility index (Phi) is 5.27. The number of aryl methyl sites for hydroxylation is 1. The van der Waals surface area contributed by atoms with Crippen molar-refractivity contribution in [2.45, 2.75) is 11.8 Å². The molecule has 1 aliphatic heterocycles. The third-order valence-electron chi connectivity index (χ3n) is 5.08. The van der Waals surface area contributed by atoms with E-state index in [0.717, 1.165) is 10.5 Å². The number of nitrogens with one attached hydrogen (secondary N) is 2. The Morgan fingerprint density at radius 1 is 0.812 bits per heavy atom. The van der Waals surface area contributed by atoms with Crippen LogP contribution in [0.2, 0.25) is 0 Å². The summed E-state index contributed by atoms with van der Waals surface area (Å²) in [4.78, 5) is 37.8. The number of carbonyl (C=O) groups excluding carboxylic acids is 3. The molecular weight excluding hydrogens is 430 g/mol. The molecule has 0 saturated heterocycles. The summed E-state index contributed by atoms with van der Waals surface area (Å²) in [6.07, 6.45) is 0. The lowest BCUT2D eigenvalue weighted by atomic mass is 10.1. The number of anilines is 2. The maximum Gasteiger partial charge on any atom is 0.261 e. The highest BCUT2D eigenvalue weighted by atomic mass is 32.2. The van der Waals surface area contributed by atoms with Crippen molar-refractivity contribution >= 4 is 39.1 Å². The second kappa shape index (κ2) is 7.93. The number of rotatable bonds is 5. The highest BCUT2D eigenvalue weighted by molar-refractivity contribution is 7.92. The molecule has 1 heterocycles. The second-order valence-corrected chi connectivity index (χ2v) is 9.06. The Hall–Kier alpha value is -3.98. The zero-order valence-corrected chi connectivity index (χ0v) is 18.1. The lowest BCUT2D eigenvalue weighted by Crippen LogP contribution is -2.24. The largest absolute Gasteiger partial charge is 0.322 e. The molecule has 32 heavy (non-hydrogen) atoms. The monoisotopic (exact) mass is 449 g/mol. The molecule has 0 aromatic heterocycles. The zero-order valence-electron chi connectivity index (χ0n) is 17.2. The molecule has 0 unspecified atom stereocenters. The normalized spacial score (nSPS) is 13.1. The van der Waals surface area contributed by atoms with Crippen LogP contribution in [0.15, 0.2) is 71.6 Å². The SMILES string of the molecule is Cc1ccc(S(=O)(=O)Nc2ccc(C(=O)Nc3ccc4c(c3)C(=O)N(C)C4=O)cc2)cc1. The van der Waals surface area contributed by atoms with Crippen molar-refractivity contribution < 1.29 is 22.8 Å². The molecule has 0 spiro atoms. The van der Waals surface area contributed by atoms with E-state index in [1.165, 1.54) is 55.6 Å². The molecule has 3 aromatic rings. The summed E-state index contributed by atoms with van der Waals surface area (Å²) < 4.78 is 27.5. The molecule has 162 valence electrons. The number of hydrogen-bond donors (Lipinski definition) is 2. The third kappa shape index (κ3) is 3.97. The van der Waals surface area contributed by atoms with E-state index in [-0.39, 0.29) is 16.4 Å². The molecule has 0 fully saturated rings. The first-order valence-corrected chi connectivity index (χ1v) is 11.1. The number of sulfonamides is 1. The van der Waals surface area contributed by atoms with Gasteiger partial charge in [0.25, 0.3) is 27.7 Å². The molecule has 9 heteroatoms. The molecule has 3 aromatic carbocycles. The fourth-order valence-corrected chi connectivity index (χ4v) is 4.32. The van der Waals surface area contributed by atoms with Crippen molar-refractivity contribution in [2.75, 3.05) is 17.1 Å². The van der Waals surface area contributed by atoms with Gasteiger partial charge in [0.15, 0.2) is 0 Å². The van der Waals surface area contributed by atoms with Crippen LogP contribution in [-0.2, 0) is 10.0 Å². The van der Waals surface area contributed by atoms with Crippen LogP contribution in [0.3, 0.4) is 0 Å². The lowest BCUT2D eigenvalue weighted by molar-refractivity contribution is 0.0692. The van der Waals surface area contributed by atoms with Crippen molar-refractivity contribution in [3.8, 4) is 0 Å². The number of nitrogens with zero attached hydrogens (tertiary/aromatic N) is 1. The first kappa shape index (κ1) is 21.3. The van der Waals surface area contributed by atoms with E-state index in [1.54, 1.807) is 18.2 Å². The molecular formula is C23H19N3O5S. The average molecular weight is 449 g/mol. The van der Waals surface area contributed by atoms with Gasteiger partial charge in [0, 0.05) is 24.0 Å². The highest BCUT2D eigenvalue weighted by Crippen LogP contribution is 2.25. The standard InChI is InChI=1S/C23H19N3O5S/c1-14-3-10-18(11-4-14)32(30,31)25-16-7-5-15(6-8-16)21(27)24-17-9-12-19-20(13-17)23(29)26(2)22(19)28/h3-13,25H,1-2H3,(H,24,27). The van der Waals surface area contributed by atoms with Crippen LogP contribution < -0.4 is 10.0 Å². The van der Waals surface area contributed by atoms with Gasteiger partial charge >= 0.3 is 0 Å². The van der Waals surface area contributed by atoms with E-state index >= 15 is 0 Å². The quantitative estimate of drug-likeness (QED) is 0.581. The molecule has 1 aliphatic rings. The van der Waals surface area contributed by atoms with E-state index in [1.807, 2.05) is 6.92 Å². The van der Waals surface area contributed by atoms with Gasteiger partial charge in [0.05, 0.1) is 16.0 Å². The predicted molar refractivity (Wildman–Crippen MR) is 119 cm³/mol. The first-order chi connectivity index (χ1) is 15.2. The molecule has 3 amide bonds. The number of hydrogen-bond acceptors (Lipinski definition) is 5. The fourth-order valence-electron chi connectivity index (χ4n) is 3.26. The summed E-state index contributed by atoms with van der Waals surface area (Å²) in [6, 6.07) is 16.9. The highest BCUT2D eigenvalue weighted by Gasteiger charge is 2.32. The van der Waals surface area contributed by atoms with Crippen LogP contribution in [0.5, 0.6) is 0 Å². The van der Waals surface area contributed by atoms with Crippen LogP contribution >= 0.6 is 0 Å². The second-order valence-electron chi connectivity index (χ2n) is 7.38. The summed E-state index contributed by atoms with van der Waals surface area (Å²) in [6.45, 7) is 1.87. The van der Waals surface area contributed by atoms with Crippen molar-refractivity contribution in [3.05, 3.63) is 89.0 Å². The van der Waals surface area contributed by atoms with Gasteiger partial charge in [-0.2, -0.15) is 0 Å². The molecule has 0 aliphatic carbocycles. The van der Waals surface area contributed by atoms with Crippen LogP contribution in [0.25, 0.3) is 0 Å². The van der Waals surface area contributed by atoms with Crippen LogP contribution in [0.1, 0.15) is 36.6 Å². The molecule has 2 N–H and O–H groups in total. The summed E-state index contributed by atoms with van der Waals surface area (Å²) >= 11 is 0. The Balaban J connectivity index is 1.47. The van der Waals surface area contributed by atoms with E-state index < -0.39 is 21.8 Å². The van der Waals surface area contributed by atoms with Crippen LogP contribution in [-0.4, -0.2) is 38.1 Å². The zero-order chi connectivity index (χ0) is 23.0. The summed E-state index contributed by atoms with van der Waals surface area (Å²) in [5.74, 6) is -1.25. The maximum absolute atomic E-state index is 12.6. The van der Waals surface area contributed by atoms with Crippen LogP contribution in [0, 0.1) is 6.92 Å². The van der Waals surface area contributed by atoms with Gasteiger partial charge in [0.2, 0.25) is 0 Å². The molecule has 0 atom stereocenters. The smallest absolute Gasteiger partial charge is 0.261 e. The number of carbonyl (C=O) groups is 3.